The van der Waals surface area contributed by atoms with E-state index in [-0.39, 0.29) is 12.5 Å². The van der Waals surface area contributed by atoms with E-state index in [0.29, 0.717) is 5.92 Å². The predicted molar refractivity (Wildman–Crippen MR) is 47.9 cm³/mol. The molecule has 0 heterocycles. The first-order chi connectivity index (χ1) is 4.56. The van der Waals surface area contributed by atoms with Gasteiger partial charge in [0.25, 0.3) is 0 Å². The van der Waals surface area contributed by atoms with Gasteiger partial charge in [0.15, 0.2) is 0 Å². The summed E-state index contributed by atoms with van der Waals surface area (Å²) in [5.74, 6) is 0.641. The Morgan fingerprint density at radius 1 is 1.70 bits per heavy atom. The quantitative estimate of drug-likeness (QED) is 0.545. The van der Waals surface area contributed by atoms with E-state index in [1.165, 1.54) is 0 Å². The largest absolute Gasteiger partial charge is 0.396 e. The fraction of sp³-hybridized carbons (Fsp3) is 1.00. The van der Waals surface area contributed by atoms with Crippen LogP contribution in [0.1, 0.15) is 19.8 Å². The highest BCUT2D eigenvalue weighted by atomic mass is 127. The first-order valence-corrected chi connectivity index (χ1v) is 4.66. The molecule has 2 nitrogen and oxygen atoms in total. The van der Waals surface area contributed by atoms with Gasteiger partial charge in [-0.3, -0.25) is 0 Å². The molecule has 0 aliphatic heterocycles. The summed E-state index contributed by atoms with van der Waals surface area (Å²) in [4.78, 5) is 0. The maximum absolute atomic E-state index is 9.65. The highest BCUT2D eigenvalue weighted by Crippen LogP contribution is 2.43. The van der Waals surface area contributed by atoms with Crippen LogP contribution >= 0.6 is 22.6 Å². The Kier molecular flexibility index (Phi) is 2.58. The summed E-state index contributed by atoms with van der Waals surface area (Å²) in [5.41, 5.74) is 0. The monoisotopic (exact) mass is 256 g/mol. The lowest BCUT2D eigenvalue weighted by Gasteiger charge is -2.20. The molecular weight excluding hydrogens is 243 g/mol. The van der Waals surface area contributed by atoms with Gasteiger partial charge in [0.05, 0.1) is 0 Å². The standard InChI is InChI=1S/C7H13IO2/c1-5-2-6(4-9)7(8,10)3-5/h5-6,9-10H,2-4H2,1H3/t5-,6?,7+/m1/s1. The zero-order valence-electron chi connectivity index (χ0n) is 6.05. The van der Waals surface area contributed by atoms with Gasteiger partial charge < -0.3 is 10.2 Å². The molecule has 1 fully saturated rings. The van der Waals surface area contributed by atoms with Crippen molar-refractivity contribution in [3.63, 3.8) is 0 Å². The van der Waals surface area contributed by atoms with Crippen LogP contribution in [0.15, 0.2) is 0 Å². The van der Waals surface area contributed by atoms with Gasteiger partial charge in [-0.25, -0.2) is 0 Å². The smallest absolute Gasteiger partial charge is 0.121 e. The van der Waals surface area contributed by atoms with Crippen LogP contribution in [0.25, 0.3) is 0 Å². The van der Waals surface area contributed by atoms with Gasteiger partial charge in [0.2, 0.25) is 0 Å². The molecular formula is C7H13IO2. The maximum atomic E-state index is 9.65. The van der Waals surface area contributed by atoms with Crippen LogP contribution in [-0.4, -0.2) is 20.4 Å². The minimum absolute atomic E-state index is 0.0862. The third-order valence-corrected chi connectivity index (χ3v) is 3.49. The maximum Gasteiger partial charge on any atom is 0.121 e. The van der Waals surface area contributed by atoms with E-state index >= 15 is 0 Å². The van der Waals surface area contributed by atoms with Crippen LogP contribution in [-0.2, 0) is 0 Å². The molecule has 1 rings (SSSR count). The molecule has 0 aromatic heterocycles. The van der Waals surface area contributed by atoms with E-state index in [1.807, 2.05) is 22.6 Å². The van der Waals surface area contributed by atoms with Gasteiger partial charge in [-0.05, 0) is 41.4 Å². The molecule has 0 saturated heterocycles. The molecule has 0 spiro atoms. The second-order valence-corrected chi connectivity index (χ2v) is 5.11. The zero-order chi connectivity index (χ0) is 7.78. The minimum Gasteiger partial charge on any atom is -0.396 e. The molecule has 3 heteroatoms. The number of hydrogen-bond donors (Lipinski definition) is 2. The van der Waals surface area contributed by atoms with E-state index in [9.17, 15) is 5.11 Å². The molecule has 0 bridgehead atoms. The number of alkyl halides is 1. The van der Waals surface area contributed by atoms with Gasteiger partial charge in [0.1, 0.15) is 3.61 Å². The summed E-state index contributed by atoms with van der Waals surface area (Å²) in [5, 5.41) is 18.5. The van der Waals surface area contributed by atoms with Crippen molar-refractivity contribution in [1.29, 1.82) is 0 Å². The number of rotatable bonds is 1. The predicted octanol–water partition coefficient (Wildman–Crippen LogP) is 1.15. The van der Waals surface area contributed by atoms with Gasteiger partial charge >= 0.3 is 0 Å². The van der Waals surface area contributed by atoms with Crippen molar-refractivity contribution in [3.8, 4) is 0 Å². The first kappa shape index (κ1) is 8.74. The molecule has 2 N–H and O–H groups in total. The van der Waals surface area contributed by atoms with E-state index in [1.54, 1.807) is 0 Å². The normalized spacial score (nSPS) is 48.0. The number of hydrogen-bond acceptors (Lipinski definition) is 2. The second-order valence-electron chi connectivity index (χ2n) is 3.24. The van der Waals surface area contributed by atoms with Crippen molar-refractivity contribution in [1.82, 2.24) is 0 Å². The van der Waals surface area contributed by atoms with Crippen LogP contribution in [0.3, 0.4) is 0 Å². The molecule has 1 aliphatic carbocycles. The lowest BCUT2D eigenvalue weighted by molar-refractivity contribution is 0.0760. The summed E-state index contributed by atoms with van der Waals surface area (Å²) >= 11 is 2.04. The van der Waals surface area contributed by atoms with Gasteiger partial charge in [-0.15, -0.1) is 0 Å². The van der Waals surface area contributed by atoms with Crippen LogP contribution in [0, 0.1) is 11.8 Å². The Labute approximate surface area is 74.8 Å². The van der Waals surface area contributed by atoms with Crippen LogP contribution < -0.4 is 0 Å². The Morgan fingerprint density at radius 3 is 2.50 bits per heavy atom. The van der Waals surface area contributed by atoms with Crippen molar-refractivity contribution in [2.24, 2.45) is 11.8 Å². The molecule has 10 heavy (non-hydrogen) atoms. The Morgan fingerprint density at radius 2 is 2.30 bits per heavy atom. The Hall–Kier alpha value is 0.650. The molecule has 1 saturated carbocycles. The second kappa shape index (κ2) is 2.95. The molecule has 0 aromatic rings. The van der Waals surface area contributed by atoms with E-state index in [4.69, 9.17) is 5.11 Å². The molecule has 0 amide bonds. The summed E-state index contributed by atoms with van der Waals surface area (Å²) in [6, 6.07) is 0. The summed E-state index contributed by atoms with van der Waals surface area (Å²) in [6.45, 7) is 2.23. The number of aliphatic hydroxyl groups excluding tert-OH is 1. The molecule has 1 aliphatic rings. The van der Waals surface area contributed by atoms with Gasteiger partial charge in [0, 0.05) is 12.5 Å². The van der Waals surface area contributed by atoms with E-state index in [2.05, 4.69) is 6.92 Å². The SMILES string of the molecule is C[C@@H]1CC(CO)[C@](O)(I)C1. The lowest BCUT2D eigenvalue weighted by Crippen LogP contribution is -2.27. The zero-order valence-corrected chi connectivity index (χ0v) is 8.21. The Balaban J connectivity index is 2.58. The first-order valence-electron chi connectivity index (χ1n) is 3.58. The summed E-state index contributed by atoms with van der Waals surface area (Å²) in [6.07, 6.45) is 1.77. The van der Waals surface area contributed by atoms with E-state index in [0.717, 1.165) is 12.8 Å². The molecule has 3 atom stereocenters. The molecule has 1 unspecified atom stereocenters. The third-order valence-electron chi connectivity index (χ3n) is 2.17. The average molecular weight is 256 g/mol. The summed E-state index contributed by atoms with van der Waals surface area (Å²) < 4.78 is -0.647. The minimum atomic E-state index is -0.647. The van der Waals surface area contributed by atoms with Gasteiger partial charge in [-0.1, -0.05) is 6.92 Å². The van der Waals surface area contributed by atoms with Crippen molar-refractivity contribution < 1.29 is 10.2 Å². The molecule has 60 valence electrons. The van der Waals surface area contributed by atoms with Crippen LogP contribution in [0.4, 0.5) is 0 Å². The average Bonchev–Trinajstić information content (AvgIpc) is 2.04. The van der Waals surface area contributed by atoms with Gasteiger partial charge in [-0.2, -0.15) is 0 Å². The van der Waals surface area contributed by atoms with Crippen molar-refractivity contribution >= 4 is 22.6 Å². The van der Waals surface area contributed by atoms with E-state index < -0.39 is 3.61 Å². The number of halogens is 1. The highest BCUT2D eigenvalue weighted by Gasteiger charge is 2.41. The third kappa shape index (κ3) is 1.62. The summed E-state index contributed by atoms with van der Waals surface area (Å²) in [7, 11) is 0. The fourth-order valence-electron chi connectivity index (χ4n) is 1.62. The van der Waals surface area contributed by atoms with Crippen molar-refractivity contribution in [2.45, 2.75) is 23.4 Å². The van der Waals surface area contributed by atoms with Crippen molar-refractivity contribution in [2.75, 3.05) is 6.61 Å². The Bertz CT molecular complexity index is 125. The van der Waals surface area contributed by atoms with Crippen molar-refractivity contribution in [3.05, 3.63) is 0 Å². The molecule has 0 aromatic carbocycles. The van der Waals surface area contributed by atoms with Crippen LogP contribution in [0.2, 0.25) is 0 Å². The lowest BCUT2D eigenvalue weighted by atomic mass is 10.1. The molecule has 0 radical (unpaired) electrons. The topological polar surface area (TPSA) is 40.5 Å². The number of aliphatic hydroxyl groups is 2. The van der Waals surface area contributed by atoms with Crippen LogP contribution in [0.5, 0.6) is 0 Å². The highest BCUT2D eigenvalue weighted by molar-refractivity contribution is 14.1. The fourth-order valence-corrected chi connectivity index (χ4v) is 2.82.